The van der Waals surface area contributed by atoms with Crippen molar-refractivity contribution in [1.29, 1.82) is 0 Å². The number of rotatable bonds is 4. The number of hydrogen-bond acceptors (Lipinski definition) is 4. The highest BCUT2D eigenvalue weighted by atomic mass is 32.2. The van der Waals surface area contributed by atoms with Gasteiger partial charge in [0.1, 0.15) is 16.5 Å². The van der Waals surface area contributed by atoms with Crippen molar-refractivity contribution in [2.45, 2.75) is 36.2 Å². The van der Waals surface area contributed by atoms with Gasteiger partial charge in [0.2, 0.25) is 10.0 Å². The molecule has 1 aliphatic heterocycles. The third kappa shape index (κ3) is 3.02. The predicted octanol–water partition coefficient (Wildman–Crippen LogP) is 1.06. The first-order valence-electron chi connectivity index (χ1n) is 6.88. The zero-order valence-electron chi connectivity index (χ0n) is 11.4. The van der Waals surface area contributed by atoms with Crippen LogP contribution in [0.5, 0.6) is 0 Å². The van der Waals surface area contributed by atoms with Crippen LogP contribution in [0.1, 0.15) is 19.3 Å². The van der Waals surface area contributed by atoms with E-state index in [1.165, 1.54) is 0 Å². The Morgan fingerprint density at radius 3 is 2.57 bits per heavy atom. The minimum atomic E-state index is -4.04. The summed E-state index contributed by atoms with van der Waals surface area (Å²) in [6.45, 7) is 1.47. The molecule has 1 aliphatic carbocycles. The molecule has 1 saturated carbocycles. The van der Waals surface area contributed by atoms with E-state index in [1.54, 1.807) is 0 Å². The highest BCUT2D eigenvalue weighted by Crippen LogP contribution is 2.30. The SMILES string of the molecule is Nc1cc(S(=O)(=O)NC2CCN(C3CC3)C2)c(F)cc1F. The fraction of sp³-hybridized carbons (Fsp3) is 0.538. The van der Waals surface area contributed by atoms with E-state index < -0.39 is 26.6 Å². The van der Waals surface area contributed by atoms with Gasteiger partial charge in [-0.05, 0) is 25.3 Å². The van der Waals surface area contributed by atoms with Crippen LogP contribution >= 0.6 is 0 Å². The fourth-order valence-corrected chi connectivity index (χ4v) is 4.04. The lowest BCUT2D eigenvalue weighted by molar-refractivity contribution is 0.322. The third-order valence-electron chi connectivity index (χ3n) is 3.95. The van der Waals surface area contributed by atoms with Gasteiger partial charge in [-0.1, -0.05) is 0 Å². The molecule has 1 aromatic carbocycles. The topological polar surface area (TPSA) is 75.4 Å². The van der Waals surface area contributed by atoms with E-state index in [2.05, 4.69) is 9.62 Å². The maximum atomic E-state index is 13.7. The van der Waals surface area contributed by atoms with Gasteiger partial charge in [-0.2, -0.15) is 0 Å². The number of nitrogen functional groups attached to an aromatic ring is 1. The molecule has 0 amide bonds. The molecular formula is C13H17F2N3O2S. The molecule has 3 rings (SSSR count). The summed E-state index contributed by atoms with van der Waals surface area (Å²) in [6, 6.07) is 1.63. The molecule has 5 nitrogen and oxygen atoms in total. The molecule has 0 radical (unpaired) electrons. The van der Waals surface area contributed by atoms with E-state index in [9.17, 15) is 17.2 Å². The Labute approximate surface area is 122 Å². The second kappa shape index (κ2) is 5.19. The highest BCUT2D eigenvalue weighted by molar-refractivity contribution is 7.89. The Balaban J connectivity index is 1.76. The number of benzene rings is 1. The summed E-state index contributed by atoms with van der Waals surface area (Å²) >= 11 is 0. The number of hydrogen-bond donors (Lipinski definition) is 2. The highest BCUT2D eigenvalue weighted by Gasteiger charge is 2.36. The lowest BCUT2D eigenvalue weighted by Gasteiger charge is -2.16. The molecule has 0 aromatic heterocycles. The van der Waals surface area contributed by atoms with Gasteiger partial charge in [0.15, 0.2) is 0 Å². The van der Waals surface area contributed by atoms with Crippen LogP contribution in [0.15, 0.2) is 17.0 Å². The minimum Gasteiger partial charge on any atom is -0.396 e. The number of likely N-dealkylation sites (tertiary alicyclic amines) is 1. The standard InChI is InChI=1S/C13H17F2N3O2S/c14-10-5-11(15)13(6-12(10)16)21(19,20)17-8-3-4-18(7-8)9-1-2-9/h5-6,8-9,17H,1-4,7,16H2. The first-order valence-corrected chi connectivity index (χ1v) is 8.36. The van der Waals surface area contributed by atoms with Crippen LogP contribution in [0.3, 0.4) is 0 Å². The molecule has 1 heterocycles. The third-order valence-corrected chi connectivity index (χ3v) is 5.48. The summed E-state index contributed by atoms with van der Waals surface area (Å²) in [5.74, 6) is -2.10. The molecule has 1 saturated heterocycles. The first-order chi connectivity index (χ1) is 9.87. The number of sulfonamides is 1. The molecule has 0 spiro atoms. The van der Waals surface area contributed by atoms with Gasteiger partial charge in [-0.3, -0.25) is 4.90 Å². The molecule has 116 valence electrons. The molecule has 3 N–H and O–H groups in total. The van der Waals surface area contributed by atoms with Crippen molar-refractivity contribution in [3.8, 4) is 0 Å². The number of anilines is 1. The van der Waals surface area contributed by atoms with E-state index in [4.69, 9.17) is 5.73 Å². The van der Waals surface area contributed by atoms with E-state index >= 15 is 0 Å². The van der Waals surface area contributed by atoms with Crippen LogP contribution in [0, 0.1) is 11.6 Å². The van der Waals surface area contributed by atoms with Crippen molar-refractivity contribution in [3.63, 3.8) is 0 Å². The van der Waals surface area contributed by atoms with E-state index in [0.717, 1.165) is 25.5 Å². The second-order valence-electron chi connectivity index (χ2n) is 5.64. The van der Waals surface area contributed by atoms with Crippen LogP contribution in [-0.4, -0.2) is 38.5 Å². The Hall–Kier alpha value is -1.25. The van der Waals surface area contributed by atoms with Crippen LogP contribution in [-0.2, 0) is 10.0 Å². The predicted molar refractivity (Wildman–Crippen MR) is 74.1 cm³/mol. The molecule has 1 aromatic rings. The van der Waals surface area contributed by atoms with Gasteiger partial charge in [-0.15, -0.1) is 0 Å². The fourth-order valence-electron chi connectivity index (χ4n) is 2.69. The normalized spacial score (nSPS) is 23.6. The second-order valence-corrected chi connectivity index (χ2v) is 7.32. The molecule has 0 bridgehead atoms. The monoisotopic (exact) mass is 317 g/mol. The van der Waals surface area contributed by atoms with Gasteiger partial charge < -0.3 is 5.73 Å². The zero-order valence-corrected chi connectivity index (χ0v) is 12.2. The van der Waals surface area contributed by atoms with Crippen LogP contribution in [0.25, 0.3) is 0 Å². The molecule has 1 atom stereocenters. The summed E-state index contributed by atoms with van der Waals surface area (Å²) < 4.78 is 53.7. The van der Waals surface area contributed by atoms with E-state index in [0.29, 0.717) is 25.1 Å². The quantitative estimate of drug-likeness (QED) is 0.814. The molecular weight excluding hydrogens is 300 g/mol. The average molecular weight is 317 g/mol. The minimum absolute atomic E-state index is 0.249. The van der Waals surface area contributed by atoms with E-state index in [1.807, 2.05) is 0 Å². The number of halogens is 2. The number of nitrogens with zero attached hydrogens (tertiary/aromatic N) is 1. The largest absolute Gasteiger partial charge is 0.396 e. The van der Waals surface area contributed by atoms with Crippen molar-refractivity contribution in [3.05, 3.63) is 23.8 Å². The summed E-state index contributed by atoms with van der Waals surface area (Å²) in [6.07, 6.45) is 3.00. The number of nitrogens with two attached hydrogens (primary N) is 1. The lowest BCUT2D eigenvalue weighted by Crippen LogP contribution is -2.37. The van der Waals surface area contributed by atoms with E-state index in [-0.39, 0.29) is 11.7 Å². The maximum Gasteiger partial charge on any atom is 0.243 e. The molecule has 2 fully saturated rings. The van der Waals surface area contributed by atoms with Crippen LogP contribution < -0.4 is 10.5 Å². The summed E-state index contributed by atoms with van der Waals surface area (Å²) in [4.78, 5) is 1.63. The van der Waals surface area contributed by atoms with Crippen molar-refractivity contribution < 1.29 is 17.2 Å². The molecule has 8 heteroatoms. The van der Waals surface area contributed by atoms with Gasteiger partial charge in [0.25, 0.3) is 0 Å². The zero-order chi connectivity index (χ0) is 15.2. The maximum absolute atomic E-state index is 13.7. The lowest BCUT2D eigenvalue weighted by atomic mass is 10.3. The van der Waals surface area contributed by atoms with Crippen molar-refractivity contribution in [1.82, 2.24) is 9.62 Å². The summed E-state index contributed by atoms with van der Waals surface area (Å²) in [5.41, 5.74) is 4.94. The Bertz CT molecular complexity index is 662. The smallest absolute Gasteiger partial charge is 0.243 e. The van der Waals surface area contributed by atoms with Gasteiger partial charge in [0, 0.05) is 31.2 Å². The van der Waals surface area contributed by atoms with Crippen molar-refractivity contribution >= 4 is 15.7 Å². The average Bonchev–Trinajstić information content (AvgIpc) is 3.15. The Morgan fingerprint density at radius 2 is 1.90 bits per heavy atom. The van der Waals surface area contributed by atoms with Crippen LogP contribution in [0.2, 0.25) is 0 Å². The van der Waals surface area contributed by atoms with Gasteiger partial charge in [0.05, 0.1) is 5.69 Å². The van der Waals surface area contributed by atoms with Crippen molar-refractivity contribution in [2.24, 2.45) is 0 Å². The van der Waals surface area contributed by atoms with Gasteiger partial charge in [-0.25, -0.2) is 21.9 Å². The van der Waals surface area contributed by atoms with Crippen molar-refractivity contribution in [2.75, 3.05) is 18.8 Å². The Kier molecular flexibility index (Phi) is 3.62. The number of nitrogens with one attached hydrogen (secondary N) is 1. The summed E-state index contributed by atoms with van der Waals surface area (Å²) in [7, 11) is -4.04. The summed E-state index contributed by atoms with van der Waals surface area (Å²) in [5, 5.41) is 0. The van der Waals surface area contributed by atoms with Gasteiger partial charge >= 0.3 is 0 Å². The molecule has 2 aliphatic rings. The Morgan fingerprint density at radius 1 is 1.19 bits per heavy atom. The first kappa shape index (κ1) is 14.7. The molecule has 1 unspecified atom stereocenters. The van der Waals surface area contributed by atoms with Crippen LogP contribution in [0.4, 0.5) is 14.5 Å². The molecule has 21 heavy (non-hydrogen) atoms.